The quantitative estimate of drug-likeness (QED) is 0.892. The molecule has 2 aliphatic heterocycles. The molecule has 0 bridgehead atoms. The number of carbonyl (C=O) groups excluding carboxylic acids is 1. The zero-order chi connectivity index (χ0) is 14.3. The summed E-state index contributed by atoms with van der Waals surface area (Å²) < 4.78 is 13.7. The largest absolute Gasteiger partial charge is 0.322 e. The number of allylic oxidation sites excluding steroid dienone is 1. The number of aliphatic imine (C=N–C) groups is 2. The maximum atomic E-state index is 13.7. The Hall–Kier alpha value is -1.86. The van der Waals surface area contributed by atoms with Crippen LogP contribution in [0.1, 0.15) is 12.5 Å². The Balaban J connectivity index is 1.99. The molecule has 0 aromatic carbocycles. The van der Waals surface area contributed by atoms with Gasteiger partial charge in [-0.25, -0.2) is 9.38 Å². The average Bonchev–Trinajstić information content (AvgIpc) is 2.83. The van der Waals surface area contributed by atoms with E-state index in [-0.39, 0.29) is 5.91 Å². The Morgan fingerprint density at radius 3 is 2.95 bits per heavy atom. The highest BCUT2D eigenvalue weighted by Gasteiger charge is 2.35. The molecule has 0 radical (unpaired) electrons. The van der Waals surface area contributed by atoms with Crippen molar-refractivity contribution in [2.24, 2.45) is 15.7 Å². The molecule has 102 valence electrons. The Kier molecular flexibility index (Phi) is 3.23. The van der Waals surface area contributed by atoms with E-state index in [0.29, 0.717) is 22.0 Å². The van der Waals surface area contributed by atoms with Crippen molar-refractivity contribution >= 4 is 34.1 Å². The highest BCUT2D eigenvalue weighted by Crippen LogP contribution is 2.40. The third-order valence-electron chi connectivity index (χ3n) is 2.93. The summed E-state index contributed by atoms with van der Waals surface area (Å²) in [4.78, 5) is 24.5. The number of amidine groups is 1. The Bertz CT molecular complexity index is 681. The van der Waals surface area contributed by atoms with Gasteiger partial charge in [-0.05, 0) is 19.1 Å². The van der Waals surface area contributed by atoms with E-state index in [1.807, 2.05) is 0 Å². The summed E-state index contributed by atoms with van der Waals surface area (Å²) in [5.74, 6) is -0.408. The lowest BCUT2D eigenvalue weighted by Crippen LogP contribution is -2.34. The zero-order valence-corrected chi connectivity index (χ0v) is 11.4. The van der Waals surface area contributed by atoms with E-state index in [1.165, 1.54) is 18.0 Å². The maximum absolute atomic E-state index is 13.7. The third kappa shape index (κ3) is 2.19. The minimum Gasteiger partial charge on any atom is -0.322 e. The molecule has 2 N–H and O–H groups in total. The van der Waals surface area contributed by atoms with Gasteiger partial charge in [0, 0.05) is 16.7 Å². The first-order valence-electron chi connectivity index (χ1n) is 6.01. The number of carbonyl (C=O) groups is 1. The molecule has 0 aliphatic carbocycles. The van der Waals surface area contributed by atoms with E-state index in [1.54, 1.807) is 19.1 Å². The summed E-state index contributed by atoms with van der Waals surface area (Å²) >= 11 is 1.25. The number of nitrogens with two attached hydrogens (primary N) is 1. The number of aromatic nitrogens is 1. The highest BCUT2D eigenvalue weighted by atomic mass is 32.2. The van der Waals surface area contributed by atoms with Crippen LogP contribution in [-0.2, 0) is 4.79 Å². The summed E-state index contributed by atoms with van der Waals surface area (Å²) in [6.07, 6.45) is 4.37. The molecule has 2 atom stereocenters. The van der Waals surface area contributed by atoms with Crippen molar-refractivity contribution in [2.75, 3.05) is 0 Å². The van der Waals surface area contributed by atoms with Gasteiger partial charge in [-0.15, -0.1) is 11.8 Å². The van der Waals surface area contributed by atoms with Crippen molar-refractivity contribution in [1.82, 2.24) is 4.98 Å². The van der Waals surface area contributed by atoms with Crippen LogP contribution < -0.4 is 5.73 Å². The maximum Gasteiger partial charge on any atom is 0.267 e. The standard InChI is InChI=1S/C13H11FN4OS/c1-6(15)12-17-9-4-10(20-11(9)13(19)18-12)7-2-3-16-5-8(7)14/h2-6,11H,15H2,1H3/t6-,11?/m0/s1. The fraction of sp³-hybridized carbons (Fsp3) is 0.231. The van der Waals surface area contributed by atoms with Crippen LogP contribution >= 0.6 is 11.8 Å². The number of thioether (sulfide) groups is 1. The van der Waals surface area contributed by atoms with Gasteiger partial charge in [0.05, 0.1) is 18.0 Å². The lowest BCUT2D eigenvalue weighted by atomic mass is 10.1. The molecule has 0 spiro atoms. The first-order valence-corrected chi connectivity index (χ1v) is 6.89. The molecule has 3 rings (SSSR count). The summed E-state index contributed by atoms with van der Waals surface area (Å²) in [5.41, 5.74) is 6.69. The van der Waals surface area contributed by atoms with Gasteiger partial charge in [-0.2, -0.15) is 4.99 Å². The van der Waals surface area contributed by atoms with Crippen LogP contribution in [0.15, 0.2) is 34.5 Å². The van der Waals surface area contributed by atoms with Gasteiger partial charge in [0.15, 0.2) is 0 Å². The molecule has 0 saturated carbocycles. The smallest absolute Gasteiger partial charge is 0.267 e. The molecule has 1 amide bonds. The predicted octanol–water partition coefficient (Wildman–Crippen LogP) is 1.40. The zero-order valence-electron chi connectivity index (χ0n) is 10.6. The van der Waals surface area contributed by atoms with E-state index < -0.39 is 17.1 Å². The minimum atomic E-state index is -0.500. The van der Waals surface area contributed by atoms with Gasteiger partial charge < -0.3 is 5.73 Å². The van der Waals surface area contributed by atoms with Crippen LogP contribution in [0.3, 0.4) is 0 Å². The van der Waals surface area contributed by atoms with Crippen molar-refractivity contribution in [1.29, 1.82) is 0 Å². The fourth-order valence-electron chi connectivity index (χ4n) is 1.95. The van der Waals surface area contributed by atoms with E-state index >= 15 is 0 Å². The van der Waals surface area contributed by atoms with Crippen molar-refractivity contribution in [3.8, 4) is 0 Å². The van der Waals surface area contributed by atoms with Crippen LogP contribution in [-0.4, -0.2) is 33.7 Å². The van der Waals surface area contributed by atoms with Gasteiger partial charge in [-0.1, -0.05) is 0 Å². The topological polar surface area (TPSA) is 80.7 Å². The Labute approximate surface area is 118 Å². The molecule has 1 unspecified atom stereocenters. The minimum absolute atomic E-state index is 0.298. The van der Waals surface area contributed by atoms with E-state index in [9.17, 15) is 9.18 Å². The molecule has 3 heterocycles. The second kappa shape index (κ2) is 4.92. The fourth-order valence-corrected chi connectivity index (χ4v) is 3.08. The Morgan fingerprint density at radius 1 is 1.45 bits per heavy atom. The molecule has 7 heteroatoms. The number of halogens is 1. The lowest BCUT2D eigenvalue weighted by Gasteiger charge is -2.15. The number of pyridine rings is 1. The van der Waals surface area contributed by atoms with Gasteiger partial charge in [0.25, 0.3) is 5.91 Å². The van der Waals surface area contributed by atoms with Gasteiger partial charge >= 0.3 is 0 Å². The second-order valence-corrected chi connectivity index (χ2v) is 5.64. The number of amides is 1. The molecule has 0 saturated heterocycles. The SMILES string of the molecule is C[C@H](N)C1=NC(=O)C2SC(c3ccncc3F)=CC2=N1. The lowest BCUT2D eigenvalue weighted by molar-refractivity contribution is -0.116. The van der Waals surface area contributed by atoms with E-state index in [4.69, 9.17) is 5.73 Å². The summed E-state index contributed by atoms with van der Waals surface area (Å²) in [7, 11) is 0. The number of fused-ring (bicyclic) bond motifs is 1. The van der Waals surface area contributed by atoms with Gasteiger partial charge in [0.2, 0.25) is 0 Å². The van der Waals surface area contributed by atoms with Crippen LogP contribution in [0.4, 0.5) is 4.39 Å². The molecule has 20 heavy (non-hydrogen) atoms. The number of hydrogen-bond acceptors (Lipinski definition) is 5. The second-order valence-electron chi connectivity index (χ2n) is 4.50. The summed E-state index contributed by atoms with van der Waals surface area (Å²) in [5, 5.41) is -0.500. The van der Waals surface area contributed by atoms with Crippen LogP contribution in [0.2, 0.25) is 0 Å². The van der Waals surface area contributed by atoms with Crippen LogP contribution in [0, 0.1) is 5.82 Å². The predicted molar refractivity (Wildman–Crippen MR) is 77.1 cm³/mol. The number of rotatable bonds is 2. The van der Waals surface area contributed by atoms with Crippen LogP contribution in [0.5, 0.6) is 0 Å². The molecule has 0 fully saturated rings. The van der Waals surface area contributed by atoms with Crippen LogP contribution in [0.25, 0.3) is 4.91 Å². The van der Waals surface area contributed by atoms with Gasteiger partial charge in [-0.3, -0.25) is 9.78 Å². The third-order valence-corrected chi connectivity index (χ3v) is 4.20. The number of hydrogen-bond donors (Lipinski definition) is 1. The van der Waals surface area contributed by atoms with Crippen molar-refractivity contribution in [3.63, 3.8) is 0 Å². The molecule has 2 aliphatic rings. The van der Waals surface area contributed by atoms with Crippen molar-refractivity contribution in [2.45, 2.75) is 18.2 Å². The molecule has 1 aromatic heterocycles. The summed E-state index contributed by atoms with van der Waals surface area (Å²) in [6, 6.07) is 1.16. The first kappa shape index (κ1) is 13.1. The average molecular weight is 290 g/mol. The normalized spacial score (nSPS) is 22.9. The van der Waals surface area contributed by atoms with E-state index in [2.05, 4.69) is 15.0 Å². The van der Waals surface area contributed by atoms with Gasteiger partial charge in [0.1, 0.15) is 16.9 Å². The van der Waals surface area contributed by atoms with Crippen molar-refractivity contribution < 1.29 is 9.18 Å². The summed E-state index contributed by atoms with van der Waals surface area (Å²) in [6.45, 7) is 1.71. The molecular weight excluding hydrogens is 279 g/mol. The molecule has 1 aromatic rings. The Morgan fingerprint density at radius 2 is 2.25 bits per heavy atom. The first-order chi connectivity index (χ1) is 9.56. The molecular formula is C13H11FN4OS. The monoisotopic (exact) mass is 290 g/mol. The molecule has 5 nitrogen and oxygen atoms in total. The highest BCUT2D eigenvalue weighted by molar-refractivity contribution is 8.10. The van der Waals surface area contributed by atoms with E-state index in [0.717, 1.165) is 6.20 Å². The number of nitrogens with zero attached hydrogens (tertiary/aromatic N) is 3. The van der Waals surface area contributed by atoms with Crippen molar-refractivity contribution in [3.05, 3.63) is 35.9 Å².